The van der Waals surface area contributed by atoms with Crippen LogP contribution in [0.15, 0.2) is 92.3 Å². The lowest BCUT2D eigenvalue weighted by Gasteiger charge is -2.39. The number of aromatic amines is 3. The van der Waals surface area contributed by atoms with Gasteiger partial charge in [-0.2, -0.15) is 20.4 Å². The molecule has 16 heteroatoms. The van der Waals surface area contributed by atoms with E-state index in [2.05, 4.69) is 50.5 Å². The maximum Gasteiger partial charge on any atom is 0.266 e. The third-order valence-corrected chi connectivity index (χ3v) is 5.85. The molecule has 6 aromatic rings. The number of hydrogen-bond acceptors (Lipinski definition) is 13. The Morgan fingerprint density at radius 1 is 0.684 bits per heavy atom. The average Bonchev–Trinajstić information content (AvgIpc) is 3.80. The van der Waals surface area contributed by atoms with Crippen LogP contribution < -0.4 is 20.3 Å². The minimum Gasteiger partial charge on any atom is -0.329 e. The van der Waals surface area contributed by atoms with E-state index in [1.807, 2.05) is 28.2 Å². The molecular formula is C22H18N16. The Morgan fingerprint density at radius 3 is 2.26 bits per heavy atom. The van der Waals surface area contributed by atoms with Gasteiger partial charge in [0.1, 0.15) is 5.69 Å². The molecule has 0 aromatic carbocycles. The highest BCUT2D eigenvalue weighted by atomic mass is 16.1. The van der Waals surface area contributed by atoms with Crippen LogP contribution in [0.1, 0.15) is 11.4 Å². The first-order valence-electron chi connectivity index (χ1n) is 11.4. The first-order chi connectivity index (χ1) is 18.9. The van der Waals surface area contributed by atoms with Crippen LogP contribution >= 0.6 is 0 Å². The molecule has 0 radical (unpaired) electrons. The molecule has 6 aromatic heterocycles. The van der Waals surface area contributed by atoms with Gasteiger partial charge in [0.2, 0.25) is 11.6 Å². The van der Waals surface area contributed by atoms with E-state index in [4.69, 9.17) is 9.97 Å². The number of rotatable bonds is 6. The van der Waals surface area contributed by atoms with Gasteiger partial charge in [-0.1, -0.05) is 6.07 Å². The van der Waals surface area contributed by atoms with Crippen LogP contribution in [0.5, 0.6) is 0 Å². The second kappa shape index (κ2) is 8.63. The third kappa shape index (κ3) is 3.06. The van der Waals surface area contributed by atoms with Crippen molar-refractivity contribution >= 4 is 23.5 Å². The van der Waals surface area contributed by atoms with Crippen molar-refractivity contribution in [3.63, 3.8) is 0 Å². The molecule has 0 saturated carbocycles. The number of aromatic nitrogens is 12. The number of hydrogen-bond donors (Lipinski definition) is 3. The molecular weight excluding hydrogens is 488 g/mol. The normalized spacial score (nSPS) is 17.4. The summed E-state index contributed by atoms with van der Waals surface area (Å²) in [5.74, 6) is 1.72. The first-order valence-corrected chi connectivity index (χ1v) is 11.4. The van der Waals surface area contributed by atoms with Crippen molar-refractivity contribution in [1.82, 2.24) is 60.5 Å². The number of hydrazine groups is 3. The summed E-state index contributed by atoms with van der Waals surface area (Å²) in [6, 6.07) is 9.16. The second-order valence-electron chi connectivity index (χ2n) is 7.91. The van der Waals surface area contributed by atoms with Crippen molar-refractivity contribution in [1.29, 1.82) is 0 Å². The molecule has 0 aliphatic carbocycles. The zero-order valence-electron chi connectivity index (χ0n) is 19.5. The van der Waals surface area contributed by atoms with Crippen LogP contribution in [0.4, 0.5) is 23.5 Å². The molecule has 186 valence electrons. The van der Waals surface area contributed by atoms with Crippen molar-refractivity contribution in [2.75, 3.05) is 20.3 Å². The molecule has 0 spiro atoms. The summed E-state index contributed by atoms with van der Waals surface area (Å²) in [6.45, 7) is 0. The molecule has 3 N–H and O–H groups in total. The Hall–Kier alpha value is -5.93. The fourth-order valence-corrected chi connectivity index (χ4v) is 4.46. The summed E-state index contributed by atoms with van der Waals surface area (Å²) in [7, 11) is 0. The lowest BCUT2D eigenvalue weighted by Crippen LogP contribution is -2.56. The molecule has 7 heterocycles. The van der Waals surface area contributed by atoms with Crippen molar-refractivity contribution in [2.24, 2.45) is 0 Å². The van der Waals surface area contributed by atoms with E-state index in [0.717, 1.165) is 0 Å². The summed E-state index contributed by atoms with van der Waals surface area (Å²) >= 11 is 0. The van der Waals surface area contributed by atoms with Gasteiger partial charge in [0, 0.05) is 49.4 Å². The minimum atomic E-state index is -1.38. The number of pyridine rings is 1. The van der Waals surface area contributed by atoms with Crippen molar-refractivity contribution in [3.05, 3.63) is 104 Å². The minimum absolute atomic E-state index is 0.314. The highest BCUT2D eigenvalue weighted by Gasteiger charge is 2.64. The van der Waals surface area contributed by atoms with Crippen LogP contribution in [0.2, 0.25) is 0 Å². The molecule has 1 atom stereocenters. The number of nitrogens with zero attached hydrogens (tertiary/aromatic N) is 13. The summed E-state index contributed by atoms with van der Waals surface area (Å²) in [4.78, 5) is 31.0. The molecule has 1 aliphatic heterocycles. The van der Waals surface area contributed by atoms with Gasteiger partial charge in [0.05, 0.1) is 24.3 Å². The summed E-state index contributed by atoms with van der Waals surface area (Å²) in [5, 5.41) is 25.7. The largest absolute Gasteiger partial charge is 0.329 e. The van der Waals surface area contributed by atoms with Crippen LogP contribution in [-0.4, -0.2) is 60.5 Å². The van der Waals surface area contributed by atoms with Gasteiger partial charge in [-0.15, -0.1) is 15.3 Å². The van der Waals surface area contributed by atoms with E-state index in [0.29, 0.717) is 34.9 Å². The Bertz CT molecular complexity index is 1530. The maximum absolute atomic E-state index is 4.80. The van der Waals surface area contributed by atoms with E-state index < -0.39 is 5.66 Å². The lowest BCUT2D eigenvalue weighted by molar-refractivity contribution is 0.485. The Labute approximate surface area is 214 Å². The smallest absolute Gasteiger partial charge is 0.266 e. The quantitative estimate of drug-likeness (QED) is 0.294. The topological polar surface area (TPSA) is 176 Å². The standard InChI is InChI=1S/C22H18N16/c1-2-6-24-16(4-1)22(17-14-23-10-11-25-17)35(19-15-31-34-33-19)37(18-5-9-30-32-18)38(21-26-7-3-8-27-21)36(22)20-28-12-13-29-20/h1-15H,(H,28,29)(H,30,32)(H,31,33,34). The fourth-order valence-electron chi connectivity index (χ4n) is 4.46. The van der Waals surface area contributed by atoms with Crippen molar-refractivity contribution in [2.45, 2.75) is 5.66 Å². The molecule has 1 aliphatic rings. The van der Waals surface area contributed by atoms with Gasteiger partial charge in [-0.05, 0) is 18.2 Å². The first kappa shape index (κ1) is 21.4. The second-order valence-corrected chi connectivity index (χ2v) is 7.91. The van der Waals surface area contributed by atoms with Crippen LogP contribution in [0.25, 0.3) is 0 Å². The summed E-state index contributed by atoms with van der Waals surface area (Å²) < 4.78 is 0. The molecule has 0 bridgehead atoms. The van der Waals surface area contributed by atoms with Gasteiger partial charge in [-0.3, -0.25) is 20.1 Å². The molecule has 16 nitrogen and oxygen atoms in total. The molecule has 7 rings (SSSR count). The van der Waals surface area contributed by atoms with Crippen LogP contribution in [0, 0.1) is 0 Å². The molecule has 0 amide bonds. The van der Waals surface area contributed by atoms with Crippen molar-refractivity contribution in [3.8, 4) is 0 Å². The lowest BCUT2D eigenvalue weighted by atomic mass is 9.99. The zero-order chi connectivity index (χ0) is 25.4. The zero-order valence-corrected chi connectivity index (χ0v) is 19.5. The predicted molar refractivity (Wildman–Crippen MR) is 133 cm³/mol. The van der Waals surface area contributed by atoms with E-state index in [9.17, 15) is 0 Å². The van der Waals surface area contributed by atoms with E-state index in [1.165, 1.54) is 0 Å². The Kier molecular flexibility index (Phi) is 4.85. The average molecular weight is 506 g/mol. The number of anilines is 4. The van der Waals surface area contributed by atoms with Gasteiger partial charge in [-0.25, -0.2) is 20.0 Å². The Balaban J connectivity index is 1.65. The maximum atomic E-state index is 4.80. The van der Waals surface area contributed by atoms with Gasteiger partial charge < -0.3 is 4.98 Å². The highest BCUT2D eigenvalue weighted by Crippen LogP contribution is 2.50. The number of H-pyrrole nitrogens is 3. The van der Waals surface area contributed by atoms with Gasteiger partial charge in [0.25, 0.3) is 5.95 Å². The highest BCUT2D eigenvalue weighted by molar-refractivity contribution is 5.72. The monoisotopic (exact) mass is 506 g/mol. The number of imidazole rings is 1. The summed E-state index contributed by atoms with van der Waals surface area (Å²) in [5.41, 5.74) is -0.307. The predicted octanol–water partition coefficient (Wildman–Crippen LogP) is 1.21. The molecule has 38 heavy (non-hydrogen) atoms. The van der Waals surface area contributed by atoms with Crippen LogP contribution in [-0.2, 0) is 5.66 Å². The van der Waals surface area contributed by atoms with E-state index in [-0.39, 0.29) is 0 Å². The third-order valence-electron chi connectivity index (χ3n) is 5.85. The molecule has 1 saturated heterocycles. The SMILES string of the molecule is c1ccc(C2(c3cnccn3)N(c3cn[nH]n3)N(c3ccn[nH]3)N(c3ncccn3)N2c2ncc[nH]2)nc1. The van der Waals surface area contributed by atoms with Gasteiger partial charge in [0.15, 0.2) is 11.6 Å². The summed E-state index contributed by atoms with van der Waals surface area (Å²) in [6.07, 6.45) is 16.5. The fraction of sp³-hybridized carbons (Fsp3) is 0.0455. The van der Waals surface area contributed by atoms with Crippen LogP contribution in [0.3, 0.4) is 0 Å². The Morgan fingerprint density at radius 2 is 1.58 bits per heavy atom. The van der Waals surface area contributed by atoms with Crippen molar-refractivity contribution < 1.29 is 0 Å². The molecule has 1 fully saturated rings. The molecule has 1 unspecified atom stereocenters. The van der Waals surface area contributed by atoms with Gasteiger partial charge >= 0.3 is 0 Å². The van der Waals surface area contributed by atoms with E-state index in [1.54, 1.807) is 84.3 Å². The van der Waals surface area contributed by atoms with E-state index >= 15 is 0 Å². The number of nitrogens with one attached hydrogen (secondary N) is 3.